The third-order valence-corrected chi connectivity index (χ3v) is 2.95. The Bertz CT molecular complexity index is 543. The number of aliphatic imine (C=N–C) groups is 1. The van der Waals surface area contributed by atoms with Crippen LogP contribution in [0.3, 0.4) is 0 Å². The smallest absolute Gasteiger partial charge is 0.387 e. The topological polar surface area (TPSA) is 54.9 Å². The van der Waals surface area contributed by atoms with Crippen LogP contribution >= 0.6 is 0 Å². The minimum Gasteiger partial charge on any atom is -0.493 e. The van der Waals surface area contributed by atoms with Gasteiger partial charge in [0.25, 0.3) is 0 Å². The van der Waals surface area contributed by atoms with Gasteiger partial charge in [0.1, 0.15) is 0 Å². The lowest BCUT2D eigenvalue weighted by molar-refractivity contribution is -0.0512. The average molecular weight is 343 g/mol. The Kier molecular flexibility index (Phi) is 7.74. The summed E-state index contributed by atoms with van der Waals surface area (Å²) >= 11 is 0. The fourth-order valence-electron chi connectivity index (χ4n) is 2.02. The second-order valence-electron chi connectivity index (χ2n) is 6.25. The summed E-state index contributed by atoms with van der Waals surface area (Å²) in [6.07, 6.45) is 0.601. The van der Waals surface area contributed by atoms with Crippen LogP contribution in [-0.2, 0) is 6.42 Å². The molecule has 0 aliphatic heterocycles. The number of nitrogens with one attached hydrogen (secondary N) is 2. The zero-order valence-corrected chi connectivity index (χ0v) is 15.0. The molecule has 0 aromatic heterocycles. The summed E-state index contributed by atoms with van der Waals surface area (Å²) in [5, 5.41) is 6.47. The predicted molar refractivity (Wildman–Crippen MR) is 92.2 cm³/mol. The lowest BCUT2D eigenvalue weighted by atomic mass is 10.1. The predicted octanol–water partition coefficient (Wildman–Crippen LogP) is 3.19. The Morgan fingerprint density at radius 3 is 2.50 bits per heavy atom. The molecule has 136 valence electrons. The van der Waals surface area contributed by atoms with Crippen LogP contribution in [0.5, 0.6) is 11.5 Å². The second-order valence-corrected chi connectivity index (χ2v) is 6.25. The highest BCUT2D eigenvalue weighted by molar-refractivity contribution is 5.80. The van der Waals surface area contributed by atoms with E-state index in [0.29, 0.717) is 13.0 Å². The molecule has 0 atom stereocenters. The molecule has 0 bridgehead atoms. The normalized spacial score (nSPS) is 12.2. The number of ether oxygens (including phenoxy) is 2. The quantitative estimate of drug-likeness (QED) is 0.590. The van der Waals surface area contributed by atoms with Gasteiger partial charge in [-0.25, -0.2) is 0 Å². The zero-order chi connectivity index (χ0) is 18.2. The van der Waals surface area contributed by atoms with E-state index >= 15 is 0 Å². The van der Waals surface area contributed by atoms with E-state index < -0.39 is 6.61 Å². The summed E-state index contributed by atoms with van der Waals surface area (Å²) in [4.78, 5) is 4.50. The van der Waals surface area contributed by atoms with Crippen molar-refractivity contribution >= 4 is 5.96 Å². The molecule has 0 saturated heterocycles. The van der Waals surface area contributed by atoms with Crippen molar-refractivity contribution < 1.29 is 18.3 Å². The third kappa shape index (κ3) is 7.48. The van der Waals surface area contributed by atoms with Crippen molar-refractivity contribution in [3.63, 3.8) is 0 Å². The van der Waals surface area contributed by atoms with Crippen LogP contribution in [0.25, 0.3) is 0 Å². The number of benzene rings is 1. The molecular weight excluding hydrogens is 316 g/mol. The van der Waals surface area contributed by atoms with Crippen LogP contribution < -0.4 is 20.1 Å². The van der Waals surface area contributed by atoms with E-state index in [1.54, 1.807) is 12.1 Å². The lowest BCUT2D eigenvalue weighted by Gasteiger charge is -2.23. The molecule has 0 fully saturated rings. The van der Waals surface area contributed by atoms with Gasteiger partial charge < -0.3 is 20.1 Å². The van der Waals surface area contributed by atoms with Gasteiger partial charge in [-0.05, 0) is 51.8 Å². The Labute approximate surface area is 142 Å². The number of nitrogens with zero attached hydrogens (tertiary/aromatic N) is 1. The third-order valence-electron chi connectivity index (χ3n) is 2.95. The zero-order valence-electron chi connectivity index (χ0n) is 15.0. The molecule has 0 heterocycles. The SMILES string of the molecule is CCNC(=NCCc1ccc(OC)c(OC(F)F)c1)NC(C)(C)C. The van der Waals surface area contributed by atoms with Crippen molar-refractivity contribution in [1.82, 2.24) is 10.6 Å². The first-order valence-electron chi connectivity index (χ1n) is 7.93. The molecule has 0 saturated carbocycles. The number of halogens is 2. The van der Waals surface area contributed by atoms with E-state index in [0.717, 1.165) is 18.1 Å². The number of guanidine groups is 1. The van der Waals surface area contributed by atoms with Gasteiger partial charge in [0.15, 0.2) is 17.5 Å². The monoisotopic (exact) mass is 343 g/mol. The van der Waals surface area contributed by atoms with Crippen molar-refractivity contribution in [1.29, 1.82) is 0 Å². The molecule has 1 rings (SSSR count). The van der Waals surface area contributed by atoms with Crippen LogP contribution in [0.2, 0.25) is 0 Å². The van der Waals surface area contributed by atoms with Crippen LogP contribution in [0.4, 0.5) is 8.78 Å². The average Bonchev–Trinajstić information content (AvgIpc) is 2.45. The number of methoxy groups -OCH3 is 1. The van der Waals surface area contributed by atoms with E-state index in [1.165, 1.54) is 7.11 Å². The molecule has 2 N–H and O–H groups in total. The van der Waals surface area contributed by atoms with Gasteiger partial charge in [-0.15, -0.1) is 0 Å². The number of hydrogen-bond acceptors (Lipinski definition) is 3. The molecule has 0 aliphatic carbocycles. The number of rotatable bonds is 7. The molecule has 1 aromatic carbocycles. The summed E-state index contributed by atoms with van der Waals surface area (Å²) in [6, 6.07) is 5.00. The molecule has 0 aliphatic rings. The number of hydrogen-bond donors (Lipinski definition) is 2. The van der Waals surface area contributed by atoms with Crippen LogP contribution in [0.15, 0.2) is 23.2 Å². The molecule has 7 heteroatoms. The minimum atomic E-state index is -2.89. The van der Waals surface area contributed by atoms with Crippen molar-refractivity contribution in [2.24, 2.45) is 4.99 Å². The molecule has 0 unspecified atom stereocenters. The van der Waals surface area contributed by atoms with Crippen LogP contribution in [0.1, 0.15) is 33.3 Å². The van der Waals surface area contributed by atoms with Crippen molar-refractivity contribution in [3.8, 4) is 11.5 Å². The van der Waals surface area contributed by atoms with E-state index in [4.69, 9.17) is 4.74 Å². The second kappa shape index (κ2) is 9.30. The molecule has 5 nitrogen and oxygen atoms in total. The molecule has 24 heavy (non-hydrogen) atoms. The fraction of sp³-hybridized carbons (Fsp3) is 0.588. The summed E-state index contributed by atoms with van der Waals surface area (Å²) < 4.78 is 34.4. The standard InChI is InChI=1S/C17H27F2N3O2/c1-6-20-16(22-17(2,3)4)21-10-9-12-7-8-13(23-5)14(11-12)24-15(18)19/h7-8,11,15H,6,9-10H2,1-5H3,(H2,20,21,22). The summed E-state index contributed by atoms with van der Waals surface area (Å²) in [5.41, 5.74) is 0.751. The molecule has 0 amide bonds. The highest BCUT2D eigenvalue weighted by Crippen LogP contribution is 2.29. The van der Waals surface area contributed by atoms with Crippen LogP contribution in [0, 0.1) is 0 Å². The number of alkyl halides is 2. The highest BCUT2D eigenvalue weighted by atomic mass is 19.3. The van der Waals surface area contributed by atoms with Gasteiger partial charge in [0.05, 0.1) is 7.11 Å². The largest absolute Gasteiger partial charge is 0.493 e. The molecular formula is C17H27F2N3O2. The van der Waals surface area contributed by atoms with Crippen molar-refractivity contribution in [3.05, 3.63) is 23.8 Å². The summed E-state index contributed by atoms with van der Waals surface area (Å²) in [5.74, 6) is 1.04. The maximum absolute atomic E-state index is 12.5. The van der Waals surface area contributed by atoms with E-state index in [9.17, 15) is 8.78 Å². The lowest BCUT2D eigenvalue weighted by Crippen LogP contribution is -2.47. The summed E-state index contributed by atoms with van der Waals surface area (Å²) in [6.45, 7) is 6.55. The van der Waals surface area contributed by atoms with Crippen molar-refractivity contribution in [2.75, 3.05) is 20.2 Å². The van der Waals surface area contributed by atoms with E-state index in [1.807, 2.05) is 13.0 Å². The van der Waals surface area contributed by atoms with Gasteiger partial charge in [0.2, 0.25) is 0 Å². The first-order valence-corrected chi connectivity index (χ1v) is 7.93. The summed E-state index contributed by atoms with van der Waals surface area (Å²) in [7, 11) is 1.42. The maximum atomic E-state index is 12.5. The fourth-order valence-corrected chi connectivity index (χ4v) is 2.02. The Balaban J connectivity index is 2.76. The van der Waals surface area contributed by atoms with Gasteiger partial charge in [0, 0.05) is 18.6 Å². The molecule has 0 radical (unpaired) electrons. The van der Waals surface area contributed by atoms with Gasteiger partial charge in [-0.3, -0.25) is 4.99 Å². The Morgan fingerprint density at radius 1 is 1.25 bits per heavy atom. The van der Waals surface area contributed by atoms with Gasteiger partial charge in [-0.2, -0.15) is 8.78 Å². The first kappa shape index (κ1) is 20.0. The van der Waals surface area contributed by atoms with Gasteiger partial charge >= 0.3 is 6.61 Å². The van der Waals surface area contributed by atoms with Gasteiger partial charge in [-0.1, -0.05) is 6.07 Å². The Morgan fingerprint density at radius 2 is 1.96 bits per heavy atom. The maximum Gasteiger partial charge on any atom is 0.387 e. The molecule has 1 aromatic rings. The van der Waals surface area contributed by atoms with E-state index in [-0.39, 0.29) is 17.0 Å². The molecule has 0 spiro atoms. The minimum absolute atomic E-state index is 0.0358. The first-order chi connectivity index (χ1) is 11.2. The Hall–Kier alpha value is -2.05. The highest BCUT2D eigenvalue weighted by Gasteiger charge is 2.13. The van der Waals surface area contributed by atoms with Crippen molar-refractivity contribution in [2.45, 2.75) is 46.3 Å². The van der Waals surface area contributed by atoms with E-state index in [2.05, 4.69) is 41.1 Å². The van der Waals surface area contributed by atoms with Crippen LogP contribution in [-0.4, -0.2) is 38.3 Å².